The summed E-state index contributed by atoms with van der Waals surface area (Å²) in [6.45, 7) is 3.06. The number of nitriles is 1. The Morgan fingerprint density at radius 1 is 1.52 bits per heavy atom. The van der Waals surface area contributed by atoms with E-state index in [1.165, 1.54) is 22.6 Å². The maximum absolute atomic E-state index is 12.0. The van der Waals surface area contributed by atoms with Gasteiger partial charge in [-0.25, -0.2) is 9.98 Å². The lowest BCUT2D eigenvalue weighted by Gasteiger charge is -2.09. The number of nitrogens with zero attached hydrogens (tertiary/aromatic N) is 5. The smallest absolute Gasteiger partial charge is 0.320 e. The third-order valence-corrected chi connectivity index (χ3v) is 4.11. The lowest BCUT2D eigenvalue weighted by Crippen LogP contribution is -2.36. The van der Waals surface area contributed by atoms with Crippen LogP contribution >= 0.6 is 11.8 Å². The van der Waals surface area contributed by atoms with Crippen LogP contribution in [0.15, 0.2) is 32.9 Å². The Labute approximate surface area is 150 Å². The van der Waals surface area contributed by atoms with Crippen molar-refractivity contribution in [3.05, 3.63) is 29.6 Å². The summed E-state index contributed by atoms with van der Waals surface area (Å²) >= 11 is 1.19. The van der Waals surface area contributed by atoms with Gasteiger partial charge in [-0.3, -0.25) is 4.52 Å². The van der Waals surface area contributed by atoms with E-state index in [4.69, 9.17) is 14.5 Å². The highest BCUT2D eigenvalue weighted by atomic mass is 32.2. The molecule has 0 aliphatic carbocycles. The van der Waals surface area contributed by atoms with E-state index in [9.17, 15) is 5.11 Å². The highest BCUT2D eigenvalue weighted by molar-refractivity contribution is 7.99. The van der Waals surface area contributed by atoms with Crippen molar-refractivity contribution in [2.24, 2.45) is 4.99 Å². The number of pyridine rings is 1. The molecule has 0 aromatic carbocycles. The van der Waals surface area contributed by atoms with Crippen LogP contribution in [-0.4, -0.2) is 35.6 Å². The molecule has 0 aliphatic heterocycles. The fourth-order valence-corrected chi connectivity index (χ4v) is 2.74. The van der Waals surface area contributed by atoms with Gasteiger partial charge in [-0.2, -0.15) is 5.26 Å². The summed E-state index contributed by atoms with van der Waals surface area (Å²) in [4.78, 5) is 8.30. The molecule has 0 aliphatic rings. The molecule has 0 spiro atoms. The van der Waals surface area contributed by atoms with Gasteiger partial charge in [0.25, 0.3) is 6.20 Å². The van der Waals surface area contributed by atoms with Crippen molar-refractivity contribution in [3.63, 3.8) is 0 Å². The first kappa shape index (κ1) is 18.9. The molecule has 0 fully saturated rings. The molecule has 8 nitrogen and oxygen atoms in total. The zero-order valence-corrected chi connectivity index (χ0v) is 15.0. The highest BCUT2D eigenvalue weighted by Crippen LogP contribution is 2.21. The first-order valence-corrected chi connectivity index (χ1v) is 8.77. The molecule has 2 aromatic heterocycles. The fraction of sp³-hybridized carbons (Fsp3) is 0.438. The van der Waals surface area contributed by atoms with Crippen molar-refractivity contribution in [2.75, 3.05) is 19.5 Å². The Bertz CT molecular complexity index is 769. The minimum absolute atomic E-state index is 0.0655. The maximum atomic E-state index is 12.0. The third-order valence-electron chi connectivity index (χ3n) is 3.13. The van der Waals surface area contributed by atoms with E-state index < -0.39 is 0 Å². The number of rotatable bonds is 9. The summed E-state index contributed by atoms with van der Waals surface area (Å²) < 4.78 is 11.4. The van der Waals surface area contributed by atoms with E-state index in [0.29, 0.717) is 23.7 Å². The van der Waals surface area contributed by atoms with E-state index in [1.807, 2.05) is 6.07 Å². The largest absolute Gasteiger partial charge is 0.861 e. The summed E-state index contributed by atoms with van der Waals surface area (Å²) in [6, 6.07) is 5.66. The average molecular weight is 361 g/mol. The Hall–Kier alpha value is -2.44. The van der Waals surface area contributed by atoms with Gasteiger partial charge in [0.05, 0.1) is 5.56 Å². The molecule has 0 atom stereocenters. The number of aliphatic imine (C=N–C) groups is 1. The maximum Gasteiger partial charge on any atom is 0.320 e. The second-order valence-electron chi connectivity index (χ2n) is 5.11. The molecule has 0 bridgehead atoms. The molecular weight excluding hydrogens is 342 g/mol. The normalized spacial score (nSPS) is 11.5. The molecule has 0 saturated heterocycles. The summed E-state index contributed by atoms with van der Waals surface area (Å²) in [5.41, 5.74) is 1.36. The van der Waals surface area contributed by atoms with Gasteiger partial charge in [0.2, 0.25) is 11.8 Å². The van der Waals surface area contributed by atoms with Crippen LogP contribution in [0.2, 0.25) is 0 Å². The van der Waals surface area contributed by atoms with E-state index in [2.05, 4.69) is 28.2 Å². The van der Waals surface area contributed by atoms with E-state index in [0.717, 1.165) is 18.5 Å². The number of methoxy groups -OCH3 is 1. The monoisotopic (exact) mass is 361 g/mol. The number of thioether (sulfide) groups is 1. The predicted octanol–water partition coefficient (Wildman–Crippen LogP) is 1.01. The van der Waals surface area contributed by atoms with Gasteiger partial charge < -0.3 is 9.84 Å². The van der Waals surface area contributed by atoms with Gasteiger partial charge in [-0.05, 0) is 29.1 Å². The minimum atomic E-state index is -0.383. The number of hydrogen-bond acceptors (Lipinski definition) is 8. The van der Waals surface area contributed by atoms with Crippen molar-refractivity contribution < 1.29 is 19.0 Å². The fourth-order valence-electron chi connectivity index (χ4n) is 1.96. The first-order valence-electron chi connectivity index (χ1n) is 7.79. The molecule has 0 saturated carbocycles. The number of aromatic nitrogens is 3. The average Bonchev–Trinajstić information content (AvgIpc) is 3.06. The van der Waals surface area contributed by atoms with Gasteiger partial charge in [-0.15, -0.1) is 0 Å². The van der Waals surface area contributed by atoms with Gasteiger partial charge >= 0.3 is 5.88 Å². The minimum Gasteiger partial charge on any atom is -0.861 e. The van der Waals surface area contributed by atoms with Gasteiger partial charge in [0.15, 0.2) is 0 Å². The van der Waals surface area contributed by atoms with Crippen LogP contribution in [0.4, 0.5) is 5.88 Å². The standard InChI is InChI=1S/C16H19N5O3S/c1-3-4-13-6-5-12(9-17)16(18-13)25-11-14(22)19-15-10-21(20-24-15)7-8-23-2/h5-6,10H,3-4,7-8,11H2,1-2H3. The zero-order valence-electron chi connectivity index (χ0n) is 14.1. The third kappa shape index (κ3) is 5.85. The zero-order chi connectivity index (χ0) is 18.1. The SMILES string of the molecule is CCCc1ccc(C#N)c(SC/C([O-])=N\c2c[n+](CCOC)no2)n1. The summed E-state index contributed by atoms with van der Waals surface area (Å²) in [7, 11) is 1.59. The molecule has 9 heteroatoms. The molecule has 0 unspecified atom stereocenters. The van der Waals surface area contributed by atoms with Crippen molar-refractivity contribution >= 4 is 23.5 Å². The Morgan fingerprint density at radius 3 is 3.08 bits per heavy atom. The number of ether oxygens (including phenoxy) is 1. The molecule has 2 rings (SSSR count). The van der Waals surface area contributed by atoms with Crippen LogP contribution in [0.3, 0.4) is 0 Å². The van der Waals surface area contributed by atoms with Crippen molar-refractivity contribution in [1.29, 1.82) is 5.26 Å². The molecule has 2 heterocycles. The molecular formula is C16H19N5O3S. The number of aryl methyl sites for hydroxylation is 1. The Balaban J connectivity index is 2.01. The van der Waals surface area contributed by atoms with Crippen LogP contribution in [0.5, 0.6) is 0 Å². The number of hydrogen-bond donors (Lipinski definition) is 0. The molecule has 2 aromatic rings. The van der Waals surface area contributed by atoms with Crippen LogP contribution in [0.1, 0.15) is 24.6 Å². The van der Waals surface area contributed by atoms with Gasteiger partial charge in [0, 0.05) is 18.6 Å². The lowest BCUT2D eigenvalue weighted by atomic mass is 10.2. The topological polar surface area (TPSA) is 111 Å². The molecule has 0 radical (unpaired) electrons. The molecule has 132 valence electrons. The van der Waals surface area contributed by atoms with Crippen LogP contribution < -0.4 is 9.79 Å². The summed E-state index contributed by atoms with van der Waals surface area (Å²) in [5, 5.41) is 25.4. The van der Waals surface area contributed by atoms with Gasteiger partial charge in [0.1, 0.15) is 17.7 Å². The Morgan fingerprint density at radius 2 is 2.36 bits per heavy atom. The second-order valence-corrected chi connectivity index (χ2v) is 6.07. The Kier molecular flexibility index (Phi) is 7.37. The predicted molar refractivity (Wildman–Crippen MR) is 89.3 cm³/mol. The molecule has 0 amide bonds. The second kappa shape index (κ2) is 9.76. The van der Waals surface area contributed by atoms with Crippen molar-refractivity contribution in [1.82, 2.24) is 10.3 Å². The van der Waals surface area contributed by atoms with E-state index >= 15 is 0 Å². The summed E-state index contributed by atoms with van der Waals surface area (Å²) in [5.74, 6) is -0.183. The van der Waals surface area contributed by atoms with Crippen LogP contribution in [-0.2, 0) is 17.7 Å². The quantitative estimate of drug-likeness (QED) is 0.283. The van der Waals surface area contributed by atoms with Crippen molar-refractivity contribution in [3.8, 4) is 6.07 Å². The summed E-state index contributed by atoms with van der Waals surface area (Å²) in [6.07, 6.45) is 3.32. The molecule has 0 N–H and O–H groups in total. The van der Waals surface area contributed by atoms with Crippen molar-refractivity contribution in [2.45, 2.75) is 31.3 Å². The van der Waals surface area contributed by atoms with E-state index in [1.54, 1.807) is 13.2 Å². The van der Waals surface area contributed by atoms with Crippen LogP contribution in [0.25, 0.3) is 0 Å². The van der Waals surface area contributed by atoms with Gasteiger partial charge in [-0.1, -0.05) is 25.1 Å². The first-order chi connectivity index (χ1) is 12.2. The lowest BCUT2D eigenvalue weighted by molar-refractivity contribution is -0.763. The molecule has 25 heavy (non-hydrogen) atoms. The van der Waals surface area contributed by atoms with E-state index in [-0.39, 0.29) is 17.5 Å². The highest BCUT2D eigenvalue weighted by Gasteiger charge is 2.10. The van der Waals surface area contributed by atoms with Crippen LogP contribution in [0, 0.1) is 11.3 Å².